The van der Waals surface area contributed by atoms with Crippen LogP contribution in [0.5, 0.6) is 23.0 Å². The SMILES string of the molecule is COc1cccc(OC)c1Oc1c(Cl)cccc1CN. The zero-order valence-corrected chi connectivity index (χ0v) is 12.1. The number of halogens is 1. The van der Waals surface area contributed by atoms with E-state index in [4.69, 9.17) is 31.5 Å². The lowest BCUT2D eigenvalue weighted by molar-refractivity contribution is 0.345. The molecule has 0 aliphatic rings. The lowest BCUT2D eigenvalue weighted by atomic mass is 10.2. The molecule has 0 amide bonds. The van der Waals surface area contributed by atoms with Crippen molar-refractivity contribution in [3.8, 4) is 23.0 Å². The first-order valence-corrected chi connectivity index (χ1v) is 6.45. The Balaban J connectivity index is 2.49. The van der Waals surface area contributed by atoms with Crippen molar-refractivity contribution in [2.45, 2.75) is 6.54 Å². The summed E-state index contributed by atoms with van der Waals surface area (Å²) in [7, 11) is 3.14. The second-order valence-corrected chi connectivity index (χ2v) is 4.43. The highest BCUT2D eigenvalue weighted by molar-refractivity contribution is 6.32. The fourth-order valence-corrected chi connectivity index (χ4v) is 2.08. The molecule has 2 N–H and O–H groups in total. The van der Waals surface area contributed by atoms with Gasteiger partial charge in [0.2, 0.25) is 5.75 Å². The van der Waals surface area contributed by atoms with Crippen LogP contribution in [0.4, 0.5) is 0 Å². The molecule has 0 bridgehead atoms. The first-order chi connectivity index (χ1) is 9.71. The molecule has 0 radical (unpaired) electrons. The van der Waals surface area contributed by atoms with Crippen molar-refractivity contribution in [1.82, 2.24) is 0 Å². The molecule has 0 saturated carbocycles. The Morgan fingerprint density at radius 1 is 0.950 bits per heavy atom. The summed E-state index contributed by atoms with van der Waals surface area (Å²) in [6.45, 7) is 0.327. The van der Waals surface area contributed by atoms with E-state index >= 15 is 0 Å². The summed E-state index contributed by atoms with van der Waals surface area (Å²) in [5.74, 6) is 2.11. The van der Waals surface area contributed by atoms with Crippen LogP contribution in [0.1, 0.15) is 5.56 Å². The molecule has 0 saturated heterocycles. The van der Waals surface area contributed by atoms with Gasteiger partial charge in [-0.05, 0) is 18.2 Å². The maximum absolute atomic E-state index is 6.19. The molecular weight excluding hydrogens is 278 g/mol. The van der Waals surface area contributed by atoms with Gasteiger partial charge in [-0.25, -0.2) is 0 Å². The van der Waals surface area contributed by atoms with Crippen molar-refractivity contribution in [2.75, 3.05) is 14.2 Å². The van der Waals surface area contributed by atoms with Gasteiger partial charge in [0.05, 0.1) is 19.2 Å². The van der Waals surface area contributed by atoms with Crippen LogP contribution in [0.3, 0.4) is 0 Å². The third kappa shape index (κ3) is 2.81. The summed E-state index contributed by atoms with van der Waals surface area (Å²) in [4.78, 5) is 0. The summed E-state index contributed by atoms with van der Waals surface area (Å²) < 4.78 is 16.5. The fraction of sp³-hybridized carbons (Fsp3) is 0.200. The average molecular weight is 294 g/mol. The number of para-hydroxylation sites is 2. The van der Waals surface area contributed by atoms with E-state index in [1.54, 1.807) is 32.4 Å². The molecular formula is C15H16ClNO3. The van der Waals surface area contributed by atoms with E-state index in [1.165, 1.54) is 0 Å². The van der Waals surface area contributed by atoms with E-state index in [0.29, 0.717) is 34.6 Å². The van der Waals surface area contributed by atoms with Crippen LogP contribution in [0.25, 0.3) is 0 Å². The van der Waals surface area contributed by atoms with Gasteiger partial charge in [-0.3, -0.25) is 0 Å². The molecule has 2 aromatic rings. The van der Waals surface area contributed by atoms with Crippen molar-refractivity contribution >= 4 is 11.6 Å². The summed E-state index contributed by atoms with van der Waals surface area (Å²) in [5, 5.41) is 0.487. The molecule has 0 fully saturated rings. The number of ether oxygens (including phenoxy) is 3. The van der Waals surface area contributed by atoms with Crippen molar-refractivity contribution < 1.29 is 14.2 Å². The third-order valence-corrected chi connectivity index (χ3v) is 3.15. The van der Waals surface area contributed by atoms with Crippen molar-refractivity contribution in [3.05, 3.63) is 47.0 Å². The Kier molecular flexibility index (Phi) is 4.71. The molecule has 0 heterocycles. The van der Waals surface area contributed by atoms with E-state index in [0.717, 1.165) is 5.56 Å². The van der Waals surface area contributed by atoms with Crippen LogP contribution in [0, 0.1) is 0 Å². The first kappa shape index (κ1) is 14.5. The topological polar surface area (TPSA) is 53.7 Å². The molecule has 0 aliphatic heterocycles. The van der Waals surface area contributed by atoms with Crippen LogP contribution < -0.4 is 19.9 Å². The number of benzene rings is 2. The smallest absolute Gasteiger partial charge is 0.211 e. The molecule has 0 aliphatic carbocycles. The van der Waals surface area contributed by atoms with Gasteiger partial charge in [-0.15, -0.1) is 0 Å². The summed E-state index contributed by atoms with van der Waals surface area (Å²) in [6.07, 6.45) is 0. The number of hydrogen-bond acceptors (Lipinski definition) is 4. The summed E-state index contributed by atoms with van der Waals surface area (Å²) in [6, 6.07) is 10.8. The zero-order chi connectivity index (χ0) is 14.5. The quantitative estimate of drug-likeness (QED) is 0.915. The number of methoxy groups -OCH3 is 2. The highest BCUT2D eigenvalue weighted by Gasteiger charge is 2.16. The van der Waals surface area contributed by atoms with Crippen LogP contribution in [0.15, 0.2) is 36.4 Å². The van der Waals surface area contributed by atoms with Crippen LogP contribution >= 0.6 is 11.6 Å². The Labute approximate surface area is 123 Å². The van der Waals surface area contributed by atoms with Gasteiger partial charge in [0.1, 0.15) is 0 Å². The highest BCUT2D eigenvalue weighted by atomic mass is 35.5. The predicted octanol–water partition coefficient (Wildman–Crippen LogP) is 3.61. The second-order valence-electron chi connectivity index (χ2n) is 4.03. The minimum atomic E-state index is 0.327. The van der Waals surface area contributed by atoms with Gasteiger partial charge in [0.15, 0.2) is 17.2 Å². The molecule has 0 unspecified atom stereocenters. The Morgan fingerprint density at radius 3 is 2.10 bits per heavy atom. The maximum atomic E-state index is 6.19. The number of hydrogen-bond donors (Lipinski definition) is 1. The monoisotopic (exact) mass is 293 g/mol. The first-order valence-electron chi connectivity index (χ1n) is 6.07. The van der Waals surface area contributed by atoms with E-state index in [9.17, 15) is 0 Å². The molecule has 0 aromatic heterocycles. The van der Waals surface area contributed by atoms with Crippen LogP contribution in [-0.4, -0.2) is 14.2 Å². The van der Waals surface area contributed by atoms with Crippen LogP contribution in [-0.2, 0) is 6.54 Å². The molecule has 2 aromatic carbocycles. The molecule has 2 rings (SSSR count). The molecule has 0 atom stereocenters. The van der Waals surface area contributed by atoms with Gasteiger partial charge in [0, 0.05) is 12.1 Å². The summed E-state index contributed by atoms with van der Waals surface area (Å²) >= 11 is 6.19. The molecule has 5 heteroatoms. The van der Waals surface area contributed by atoms with E-state index < -0.39 is 0 Å². The standard InChI is InChI=1S/C15H16ClNO3/c1-18-12-7-4-8-13(19-2)15(12)20-14-10(9-17)5-3-6-11(14)16/h3-8H,9,17H2,1-2H3. The lowest BCUT2D eigenvalue weighted by Crippen LogP contribution is -2.01. The molecule has 106 valence electrons. The van der Waals surface area contributed by atoms with Gasteiger partial charge in [-0.1, -0.05) is 29.8 Å². The van der Waals surface area contributed by atoms with Crippen molar-refractivity contribution in [2.24, 2.45) is 5.73 Å². The normalized spacial score (nSPS) is 10.2. The van der Waals surface area contributed by atoms with Crippen LogP contribution in [0.2, 0.25) is 5.02 Å². The Hall–Kier alpha value is -1.91. The number of nitrogens with two attached hydrogens (primary N) is 1. The van der Waals surface area contributed by atoms with Crippen molar-refractivity contribution in [3.63, 3.8) is 0 Å². The van der Waals surface area contributed by atoms with E-state index in [2.05, 4.69) is 0 Å². The summed E-state index contributed by atoms with van der Waals surface area (Å²) in [5.41, 5.74) is 6.52. The average Bonchev–Trinajstić information content (AvgIpc) is 2.49. The molecule has 20 heavy (non-hydrogen) atoms. The minimum Gasteiger partial charge on any atom is -0.493 e. The zero-order valence-electron chi connectivity index (χ0n) is 11.4. The largest absolute Gasteiger partial charge is 0.493 e. The third-order valence-electron chi connectivity index (χ3n) is 2.86. The molecule has 4 nitrogen and oxygen atoms in total. The fourth-order valence-electron chi connectivity index (χ4n) is 1.85. The highest BCUT2D eigenvalue weighted by Crippen LogP contribution is 2.42. The van der Waals surface area contributed by atoms with E-state index in [1.807, 2.05) is 18.2 Å². The van der Waals surface area contributed by atoms with Gasteiger partial charge in [0.25, 0.3) is 0 Å². The van der Waals surface area contributed by atoms with Gasteiger partial charge >= 0.3 is 0 Å². The van der Waals surface area contributed by atoms with Gasteiger partial charge < -0.3 is 19.9 Å². The molecule has 0 spiro atoms. The lowest BCUT2D eigenvalue weighted by Gasteiger charge is -2.16. The second kappa shape index (κ2) is 6.50. The Bertz CT molecular complexity index is 579. The Morgan fingerprint density at radius 2 is 1.55 bits per heavy atom. The van der Waals surface area contributed by atoms with Crippen molar-refractivity contribution in [1.29, 1.82) is 0 Å². The maximum Gasteiger partial charge on any atom is 0.211 e. The number of rotatable bonds is 5. The van der Waals surface area contributed by atoms with Gasteiger partial charge in [-0.2, -0.15) is 0 Å². The minimum absolute atomic E-state index is 0.327. The predicted molar refractivity (Wildman–Crippen MR) is 79.0 cm³/mol. The van der Waals surface area contributed by atoms with E-state index in [-0.39, 0.29) is 0 Å².